The molecule has 0 spiro atoms. The quantitative estimate of drug-likeness (QED) is 0.247. The second-order valence-corrected chi connectivity index (χ2v) is 10.9. The molecule has 9 nitrogen and oxygen atoms in total. The molecule has 0 aromatic carbocycles. The average molecular weight is 562 g/mol. The van der Waals surface area contributed by atoms with E-state index in [-0.39, 0.29) is 19.1 Å². The molecule has 4 aromatic rings. The van der Waals surface area contributed by atoms with E-state index in [1.807, 2.05) is 46.8 Å². The van der Waals surface area contributed by atoms with Gasteiger partial charge in [-0.3, -0.25) is 9.59 Å². The fourth-order valence-corrected chi connectivity index (χ4v) is 6.12. The second kappa shape index (κ2) is 12.7. The average Bonchev–Trinajstić information content (AvgIpc) is 3.72. The monoisotopic (exact) mass is 561 g/mol. The molecule has 1 saturated heterocycles. The van der Waals surface area contributed by atoms with Crippen LogP contribution < -0.4 is 10.6 Å². The van der Waals surface area contributed by atoms with E-state index >= 15 is 0 Å². The van der Waals surface area contributed by atoms with E-state index in [0.29, 0.717) is 48.2 Å². The van der Waals surface area contributed by atoms with Crippen LogP contribution in [-0.4, -0.2) is 67.9 Å². The number of anilines is 1. The van der Waals surface area contributed by atoms with E-state index in [1.165, 1.54) is 0 Å². The zero-order valence-corrected chi connectivity index (χ0v) is 23.5. The van der Waals surface area contributed by atoms with Gasteiger partial charge in [0.25, 0.3) is 0 Å². The van der Waals surface area contributed by atoms with E-state index in [1.54, 1.807) is 22.0 Å². The Labute approximate surface area is 240 Å². The number of aromatic nitrogens is 4. The summed E-state index contributed by atoms with van der Waals surface area (Å²) >= 11 is 1.62. The summed E-state index contributed by atoms with van der Waals surface area (Å²) in [5.41, 5.74) is 9.15. The lowest BCUT2D eigenvalue weighted by Crippen LogP contribution is -2.40. The van der Waals surface area contributed by atoms with Gasteiger partial charge in [0.1, 0.15) is 11.9 Å². The van der Waals surface area contributed by atoms with Crippen molar-refractivity contribution in [3.63, 3.8) is 0 Å². The molecular formula is C30H39N7O2S. The number of carbonyl (C=O) groups excluding carboxylic acids is 2. The van der Waals surface area contributed by atoms with Crippen LogP contribution in [0.4, 0.5) is 5.82 Å². The van der Waals surface area contributed by atoms with Gasteiger partial charge in [-0.2, -0.15) is 5.10 Å². The Hall–Kier alpha value is -3.63. The lowest BCUT2D eigenvalue weighted by molar-refractivity contribution is -0.119. The fourth-order valence-electron chi connectivity index (χ4n) is 5.42. The molecule has 0 aliphatic carbocycles. The van der Waals surface area contributed by atoms with Crippen LogP contribution >= 0.6 is 11.3 Å². The molecule has 212 valence electrons. The molecule has 4 aromatic heterocycles. The molecular weight excluding hydrogens is 522 g/mol. The Kier molecular flexibility index (Phi) is 9.32. The number of Topliss-reactive ketones (excluding diaryl/α,β-unsaturated/α-hetero) is 1. The van der Waals surface area contributed by atoms with Crippen LogP contribution in [0.1, 0.15) is 64.2 Å². The molecule has 0 saturated carbocycles. The highest BCUT2D eigenvalue weighted by atomic mass is 32.1. The van der Waals surface area contributed by atoms with Gasteiger partial charge in [0.05, 0.1) is 28.0 Å². The number of carbonyl (C=O) groups is 2. The first kappa shape index (κ1) is 29.4. The number of rotatable bonds is 11. The van der Waals surface area contributed by atoms with E-state index < -0.39 is 6.04 Å². The van der Waals surface area contributed by atoms with Gasteiger partial charge in [-0.05, 0) is 68.9 Å². The van der Waals surface area contributed by atoms with E-state index in [4.69, 9.17) is 15.7 Å². The third-order valence-electron chi connectivity index (χ3n) is 7.65. The van der Waals surface area contributed by atoms with Crippen molar-refractivity contribution in [1.29, 1.82) is 0 Å². The highest BCUT2D eigenvalue weighted by Crippen LogP contribution is 2.31. The zero-order valence-electron chi connectivity index (χ0n) is 22.7. The molecule has 0 unspecified atom stereocenters. The second-order valence-electron chi connectivity index (χ2n) is 10.0. The fraction of sp³-hybridized carbons (Fsp3) is 0.433. The van der Waals surface area contributed by atoms with Crippen molar-refractivity contribution in [3.8, 4) is 21.8 Å². The van der Waals surface area contributed by atoms with Crippen molar-refractivity contribution in [2.75, 3.05) is 24.5 Å². The number of nitrogens with zero attached hydrogens (tertiary/aromatic N) is 6. The molecule has 40 heavy (non-hydrogen) atoms. The molecule has 1 fully saturated rings. The Morgan fingerprint density at radius 2 is 1.98 bits per heavy atom. The standard InChI is InChI=1S/C29H35N7O2S.CH4/c1-4-34(5-2)19(3)10-11-25(37)20-16-23(32-27(17-20)35-13-6-8-24(35)28(30)38)21-18-31-36-14-12-22(33-29(21)36)26-9-7-15-39-26;/h7,9,12,14-19,24H,4-6,8,10-11,13H2,1-3H3,(H2,30,38);1H4/t19-,24-;/m0./s1. The number of nitrogens with two attached hydrogens (primary N) is 1. The molecule has 10 heteroatoms. The van der Waals surface area contributed by atoms with Crippen molar-refractivity contribution in [3.05, 3.63) is 53.7 Å². The van der Waals surface area contributed by atoms with Crippen LogP contribution in [0.2, 0.25) is 0 Å². The number of ketones is 1. The number of thiophene rings is 1. The summed E-state index contributed by atoms with van der Waals surface area (Å²) in [6.07, 6.45) is 6.33. The van der Waals surface area contributed by atoms with Gasteiger partial charge in [0, 0.05) is 30.8 Å². The summed E-state index contributed by atoms with van der Waals surface area (Å²) in [5, 5.41) is 6.52. The maximum absolute atomic E-state index is 13.5. The first-order valence-electron chi connectivity index (χ1n) is 13.6. The summed E-state index contributed by atoms with van der Waals surface area (Å²) in [6.45, 7) is 9.01. The summed E-state index contributed by atoms with van der Waals surface area (Å²) in [4.78, 5) is 40.9. The minimum atomic E-state index is -0.439. The lowest BCUT2D eigenvalue weighted by atomic mass is 10.0. The zero-order chi connectivity index (χ0) is 27.5. The third-order valence-corrected chi connectivity index (χ3v) is 8.55. The summed E-state index contributed by atoms with van der Waals surface area (Å²) < 4.78 is 1.72. The third kappa shape index (κ3) is 5.93. The van der Waals surface area contributed by atoms with Gasteiger partial charge in [-0.1, -0.05) is 27.3 Å². The molecule has 2 atom stereocenters. The van der Waals surface area contributed by atoms with Crippen LogP contribution in [0.15, 0.2) is 48.1 Å². The Morgan fingerprint density at radius 1 is 1.18 bits per heavy atom. The predicted molar refractivity (Wildman–Crippen MR) is 162 cm³/mol. The smallest absolute Gasteiger partial charge is 0.240 e. The van der Waals surface area contributed by atoms with E-state index in [0.717, 1.165) is 42.1 Å². The van der Waals surface area contributed by atoms with Gasteiger partial charge in [-0.15, -0.1) is 11.3 Å². The molecule has 0 bridgehead atoms. The van der Waals surface area contributed by atoms with Gasteiger partial charge < -0.3 is 15.5 Å². The topological polar surface area (TPSA) is 110 Å². The largest absolute Gasteiger partial charge is 0.368 e. The van der Waals surface area contributed by atoms with Gasteiger partial charge >= 0.3 is 0 Å². The Bertz CT molecular complexity index is 1460. The van der Waals surface area contributed by atoms with Crippen LogP contribution in [0.5, 0.6) is 0 Å². The number of amides is 1. The lowest BCUT2D eigenvalue weighted by Gasteiger charge is -2.26. The van der Waals surface area contributed by atoms with Crippen LogP contribution in [0.3, 0.4) is 0 Å². The van der Waals surface area contributed by atoms with Crippen LogP contribution in [0.25, 0.3) is 27.5 Å². The van der Waals surface area contributed by atoms with Crippen molar-refractivity contribution in [2.24, 2.45) is 5.73 Å². The first-order valence-corrected chi connectivity index (χ1v) is 14.5. The number of hydrogen-bond donors (Lipinski definition) is 1. The minimum Gasteiger partial charge on any atom is -0.368 e. The maximum atomic E-state index is 13.5. The number of fused-ring (bicyclic) bond motifs is 1. The van der Waals surface area contributed by atoms with Crippen molar-refractivity contribution in [2.45, 2.75) is 66.0 Å². The molecule has 5 rings (SSSR count). The maximum Gasteiger partial charge on any atom is 0.240 e. The molecule has 2 N–H and O–H groups in total. The summed E-state index contributed by atoms with van der Waals surface area (Å²) in [7, 11) is 0. The number of primary amides is 1. The molecule has 1 aliphatic rings. The van der Waals surface area contributed by atoms with Crippen LogP contribution in [-0.2, 0) is 4.79 Å². The predicted octanol–water partition coefficient (Wildman–Crippen LogP) is 5.30. The first-order chi connectivity index (χ1) is 18.9. The highest BCUT2D eigenvalue weighted by molar-refractivity contribution is 7.13. The number of hydrogen-bond acceptors (Lipinski definition) is 8. The summed E-state index contributed by atoms with van der Waals surface area (Å²) in [6, 6.07) is 9.48. The van der Waals surface area contributed by atoms with Crippen molar-refractivity contribution < 1.29 is 9.59 Å². The molecule has 5 heterocycles. The van der Waals surface area contributed by atoms with Gasteiger partial charge in [-0.25, -0.2) is 14.5 Å². The van der Waals surface area contributed by atoms with Crippen molar-refractivity contribution in [1.82, 2.24) is 24.5 Å². The van der Waals surface area contributed by atoms with E-state index in [2.05, 4.69) is 30.8 Å². The van der Waals surface area contributed by atoms with Crippen LogP contribution in [0, 0.1) is 0 Å². The minimum absolute atomic E-state index is 0. The van der Waals surface area contributed by atoms with E-state index in [9.17, 15) is 9.59 Å². The van der Waals surface area contributed by atoms with Gasteiger partial charge in [0.2, 0.25) is 5.91 Å². The number of pyridine rings is 1. The van der Waals surface area contributed by atoms with Crippen molar-refractivity contribution >= 4 is 34.5 Å². The normalized spacial score (nSPS) is 15.9. The highest BCUT2D eigenvalue weighted by Gasteiger charge is 2.31. The molecule has 0 radical (unpaired) electrons. The van der Waals surface area contributed by atoms with Gasteiger partial charge in [0.15, 0.2) is 11.4 Å². The Balaban J connectivity index is 0.00000370. The summed E-state index contributed by atoms with van der Waals surface area (Å²) in [5.74, 6) is 0.263. The molecule has 1 amide bonds. The Morgan fingerprint density at radius 3 is 2.67 bits per heavy atom. The molecule has 1 aliphatic heterocycles. The SMILES string of the molecule is C.CCN(CC)[C@@H](C)CCC(=O)c1cc(-c2cnn3ccc(-c4cccs4)nc23)nc(N2CCC[C@H]2C(N)=O)c1.